The third kappa shape index (κ3) is 2.30. The fourth-order valence-corrected chi connectivity index (χ4v) is 0.707. The molecule has 0 aliphatic carbocycles. The zero-order valence-electron chi connectivity index (χ0n) is 6.50. The molecule has 2 nitrogen and oxygen atoms in total. The van der Waals surface area contributed by atoms with E-state index in [-0.39, 0.29) is 13.4 Å². The van der Waals surface area contributed by atoms with E-state index in [2.05, 4.69) is 11.2 Å². The molecule has 0 bridgehead atoms. The van der Waals surface area contributed by atoms with Crippen LogP contribution >= 0.6 is 0 Å². The summed E-state index contributed by atoms with van der Waals surface area (Å²) in [4.78, 5) is 0. The molecule has 0 heterocycles. The van der Waals surface area contributed by atoms with Crippen LogP contribution in [0.4, 0.5) is 4.39 Å². The van der Waals surface area contributed by atoms with Gasteiger partial charge in [-0.3, -0.25) is 0 Å². The van der Waals surface area contributed by atoms with E-state index in [9.17, 15) is 4.39 Å². The summed E-state index contributed by atoms with van der Waals surface area (Å²) in [5.74, 6) is -0.218. The monoisotopic (exact) mass is 166 g/mol. The van der Waals surface area contributed by atoms with Gasteiger partial charge in [-0.25, -0.2) is 4.39 Å². The first-order chi connectivity index (χ1) is 5.84. The Balaban J connectivity index is 2.51. The standard InChI is InChI=1S/C8H8BFO2/c1-2-11-9-12-8-6-4-3-5-7(8)10/h2-6,9H,1H2. The van der Waals surface area contributed by atoms with E-state index in [0.29, 0.717) is 0 Å². The molecule has 0 spiro atoms. The van der Waals surface area contributed by atoms with Gasteiger partial charge in [0.15, 0.2) is 5.82 Å². The Morgan fingerprint density at radius 3 is 2.83 bits per heavy atom. The van der Waals surface area contributed by atoms with Crippen molar-refractivity contribution in [2.75, 3.05) is 0 Å². The molecule has 1 aromatic rings. The minimum atomic E-state index is -0.398. The normalized spacial score (nSPS) is 8.75. The van der Waals surface area contributed by atoms with Crippen LogP contribution in [0.1, 0.15) is 0 Å². The van der Waals surface area contributed by atoms with Crippen LogP contribution in [0.25, 0.3) is 0 Å². The lowest BCUT2D eigenvalue weighted by Crippen LogP contribution is -2.04. The van der Waals surface area contributed by atoms with Gasteiger partial charge < -0.3 is 9.31 Å². The van der Waals surface area contributed by atoms with Crippen molar-refractivity contribution in [3.63, 3.8) is 0 Å². The van der Waals surface area contributed by atoms with Crippen molar-refractivity contribution < 1.29 is 13.7 Å². The van der Waals surface area contributed by atoms with Crippen LogP contribution in [0.2, 0.25) is 0 Å². The van der Waals surface area contributed by atoms with E-state index in [4.69, 9.17) is 4.65 Å². The maximum atomic E-state index is 12.8. The van der Waals surface area contributed by atoms with Crippen molar-refractivity contribution in [2.45, 2.75) is 0 Å². The fraction of sp³-hybridized carbons (Fsp3) is 0. The molecule has 0 radical (unpaired) electrons. The summed E-state index contributed by atoms with van der Waals surface area (Å²) in [6, 6.07) is 6.13. The van der Waals surface area contributed by atoms with E-state index >= 15 is 0 Å². The molecule has 0 N–H and O–H groups in total. The molecule has 0 unspecified atom stereocenters. The van der Waals surface area contributed by atoms with Crippen molar-refractivity contribution in [3.8, 4) is 5.75 Å². The lowest BCUT2D eigenvalue weighted by molar-refractivity contribution is 0.400. The molecule has 0 aliphatic heterocycles. The fourth-order valence-electron chi connectivity index (χ4n) is 0.707. The summed E-state index contributed by atoms with van der Waals surface area (Å²) < 4.78 is 22.4. The van der Waals surface area contributed by atoms with Crippen LogP contribution in [0, 0.1) is 5.82 Å². The third-order valence-corrected chi connectivity index (χ3v) is 1.24. The maximum absolute atomic E-state index is 12.8. The minimum Gasteiger partial charge on any atom is -0.535 e. The molecule has 1 aromatic carbocycles. The van der Waals surface area contributed by atoms with E-state index < -0.39 is 5.82 Å². The Morgan fingerprint density at radius 2 is 2.17 bits per heavy atom. The third-order valence-electron chi connectivity index (χ3n) is 1.24. The van der Waals surface area contributed by atoms with Gasteiger partial charge in [-0.2, -0.15) is 0 Å². The predicted octanol–water partition coefficient (Wildman–Crippen LogP) is 1.63. The van der Waals surface area contributed by atoms with Crippen LogP contribution < -0.4 is 4.65 Å². The lowest BCUT2D eigenvalue weighted by Gasteiger charge is -2.03. The van der Waals surface area contributed by atoms with Gasteiger partial charge in [-0.05, 0) is 12.1 Å². The van der Waals surface area contributed by atoms with Crippen molar-refractivity contribution in [3.05, 3.63) is 42.9 Å². The van der Waals surface area contributed by atoms with E-state index in [1.165, 1.54) is 18.4 Å². The van der Waals surface area contributed by atoms with Gasteiger partial charge in [0.25, 0.3) is 0 Å². The van der Waals surface area contributed by atoms with Crippen LogP contribution in [0.15, 0.2) is 37.1 Å². The summed E-state index contributed by atoms with van der Waals surface area (Å²) >= 11 is 0. The number of rotatable bonds is 4. The highest BCUT2D eigenvalue weighted by Gasteiger charge is 2.01. The van der Waals surface area contributed by atoms with Gasteiger partial charge in [-0.1, -0.05) is 18.7 Å². The molecule has 0 amide bonds. The lowest BCUT2D eigenvalue weighted by atomic mass is 10.3. The molecule has 0 atom stereocenters. The highest BCUT2D eigenvalue weighted by molar-refractivity contribution is 6.19. The van der Waals surface area contributed by atoms with Crippen LogP contribution in [0.3, 0.4) is 0 Å². The summed E-state index contributed by atoms with van der Waals surface area (Å²) in [5.41, 5.74) is 0. The number of hydrogen-bond donors (Lipinski definition) is 0. The molecule has 0 aromatic heterocycles. The van der Waals surface area contributed by atoms with Crippen molar-refractivity contribution >= 4 is 7.69 Å². The zero-order chi connectivity index (χ0) is 8.81. The molecule has 12 heavy (non-hydrogen) atoms. The van der Waals surface area contributed by atoms with Gasteiger partial charge in [-0.15, -0.1) is 0 Å². The Labute approximate surface area is 70.9 Å². The van der Waals surface area contributed by atoms with Crippen LogP contribution in [-0.4, -0.2) is 7.69 Å². The molecular formula is C8H8BFO2. The SMILES string of the molecule is C=COBOc1ccccc1F. The van der Waals surface area contributed by atoms with E-state index in [1.807, 2.05) is 0 Å². The van der Waals surface area contributed by atoms with E-state index in [0.717, 1.165) is 0 Å². The Morgan fingerprint density at radius 1 is 1.42 bits per heavy atom. The second-order valence-electron chi connectivity index (χ2n) is 2.03. The number of para-hydroxylation sites is 1. The van der Waals surface area contributed by atoms with Crippen molar-refractivity contribution in [1.29, 1.82) is 0 Å². The quantitative estimate of drug-likeness (QED) is 0.384. The van der Waals surface area contributed by atoms with Gasteiger partial charge >= 0.3 is 7.69 Å². The van der Waals surface area contributed by atoms with Crippen LogP contribution in [0.5, 0.6) is 5.75 Å². The average molecular weight is 166 g/mol. The number of hydrogen-bond acceptors (Lipinski definition) is 2. The molecule has 0 saturated carbocycles. The van der Waals surface area contributed by atoms with Crippen molar-refractivity contribution in [2.24, 2.45) is 0 Å². The Hall–Kier alpha value is -1.45. The topological polar surface area (TPSA) is 18.5 Å². The Bertz CT molecular complexity index is 265. The average Bonchev–Trinajstić information content (AvgIpc) is 2.09. The first-order valence-electron chi connectivity index (χ1n) is 3.44. The van der Waals surface area contributed by atoms with E-state index in [1.54, 1.807) is 12.1 Å². The minimum absolute atomic E-state index is 0.0234. The number of halogens is 1. The molecular weight excluding hydrogens is 158 g/mol. The molecule has 4 heteroatoms. The second-order valence-corrected chi connectivity index (χ2v) is 2.03. The molecule has 0 fully saturated rings. The Kier molecular flexibility index (Phi) is 3.20. The largest absolute Gasteiger partial charge is 0.576 e. The smallest absolute Gasteiger partial charge is 0.535 e. The molecule has 0 aliphatic rings. The van der Waals surface area contributed by atoms with Crippen LogP contribution in [-0.2, 0) is 4.65 Å². The van der Waals surface area contributed by atoms with Crippen molar-refractivity contribution in [1.82, 2.24) is 0 Å². The summed E-state index contributed by atoms with van der Waals surface area (Å²) in [6.45, 7) is 3.32. The highest BCUT2D eigenvalue weighted by atomic mass is 19.1. The van der Waals surface area contributed by atoms with Gasteiger partial charge in [0.05, 0.1) is 6.26 Å². The first kappa shape index (κ1) is 8.65. The highest BCUT2D eigenvalue weighted by Crippen LogP contribution is 2.14. The summed E-state index contributed by atoms with van der Waals surface area (Å²) in [5, 5.41) is 0. The second kappa shape index (κ2) is 4.44. The van der Waals surface area contributed by atoms with Gasteiger partial charge in [0, 0.05) is 0 Å². The molecule has 62 valence electrons. The number of benzene rings is 1. The summed E-state index contributed by atoms with van der Waals surface area (Å²) in [6.07, 6.45) is 1.24. The zero-order valence-corrected chi connectivity index (χ0v) is 6.50. The van der Waals surface area contributed by atoms with Gasteiger partial charge in [0.2, 0.25) is 0 Å². The summed E-state index contributed by atoms with van der Waals surface area (Å²) in [7, 11) is -0.0234. The molecule has 0 saturated heterocycles. The maximum Gasteiger partial charge on any atom is 0.576 e. The first-order valence-corrected chi connectivity index (χ1v) is 3.44. The predicted molar refractivity (Wildman–Crippen MR) is 45.5 cm³/mol. The van der Waals surface area contributed by atoms with Gasteiger partial charge in [0.1, 0.15) is 5.75 Å². The molecule has 1 rings (SSSR count).